The van der Waals surface area contributed by atoms with Gasteiger partial charge in [-0.15, -0.1) is 12.3 Å². The van der Waals surface area contributed by atoms with E-state index < -0.39 is 20.0 Å². The molecule has 1 unspecified atom stereocenters. The smallest absolute Gasteiger partial charge is 0.227 e. The molecular weight excluding hydrogens is 364 g/mol. The summed E-state index contributed by atoms with van der Waals surface area (Å²) in [5.41, 5.74) is -0.400. The van der Waals surface area contributed by atoms with Gasteiger partial charge in [0.15, 0.2) is 9.84 Å². The van der Waals surface area contributed by atoms with Crippen molar-refractivity contribution in [2.45, 2.75) is 75.5 Å². The monoisotopic (exact) mass is 394 g/mol. The Morgan fingerprint density at radius 2 is 1.93 bits per heavy atom. The lowest BCUT2D eigenvalue weighted by Gasteiger charge is -2.51. The van der Waals surface area contributed by atoms with Crippen molar-refractivity contribution < 1.29 is 18.0 Å². The highest BCUT2D eigenvalue weighted by atomic mass is 32.2. The summed E-state index contributed by atoms with van der Waals surface area (Å²) in [4.78, 5) is 24.2. The summed E-state index contributed by atoms with van der Waals surface area (Å²) < 4.78 is 24.6. The number of hydrogen-bond donors (Lipinski definition) is 2. The summed E-state index contributed by atoms with van der Waals surface area (Å²) in [5, 5.41) is 5.97. The van der Waals surface area contributed by atoms with Crippen LogP contribution in [0, 0.1) is 23.7 Å². The minimum atomic E-state index is -3.15. The number of rotatable bonds is 6. The van der Waals surface area contributed by atoms with Crippen LogP contribution in [0.5, 0.6) is 0 Å². The van der Waals surface area contributed by atoms with Crippen LogP contribution in [-0.2, 0) is 19.4 Å². The number of amides is 2. The van der Waals surface area contributed by atoms with Gasteiger partial charge in [0.1, 0.15) is 0 Å². The Hall–Kier alpha value is -1.55. The van der Waals surface area contributed by atoms with E-state index in [2.05, 4.69) is 16.6 Å². The van der Waals surface area contributed by atoms with E-state index in [0.717, 1.165) is 19.3 Å². The molecule has 0 aromatic rings. The van der Waals surface area contributed by atoms with Crippen molar-refractivity contribution in [3.8, 4) is 12.3 Å². The highest BCUT2D eigenvalue weighted by Crippen LogP contribution is 2.50. The van der Waals surface area contributed by atoms with Gasteiger partial charge in [0.05, 0.1) is 15.9 Å². The zero-order chi connectivity index (χ0) is 19.7. The van der Waals surface area contributed by atoms with E-state index in [1.54, 1.807) is 6.92 Å². The Bertz CT molecular complexity index is 742. The first kappa shape index (κ1) is 20.2. The van der Waals surface area contributed by atoms with Crippen LogP contribution in [0.3, 0.4) is 0 Å². The van der Waals surface area contributed by atoms with Crippen LogP contribution in [0.1, 0.15) is 64.7 Å². The minimum Gasteiger partial charge on any atom is -0.355 e. The van der Waals surface area contributed by atoms with Gasteiger partial charge in [0, 0.05) is 25.4 Å². The molecule has 1 aliphatic heterocycles. The molecule has 0 bridgehead atoms. The van der Waals surface area contributed by atoms with E-state index in [1.165, 1.54) is 0 Å². The van der Waals surface area contributed by atoms with E-state index in [9.17, 15) is 18.0 Å². The second kappa shape index (κ2) is 7.46. The second-order valence-electron chi connectivity index (χ2n) is 8.61. The van der Waals surface area contributed by atoms with E-state index in [0.29, 0.717) is 45.1 Å². The standard InChI is InChI=1S/C20H30N2O4S/c1-3-7-19(8-5-9-19)18(24)21-14-15-11-20(12-15)13-16(22-17(23)4-2)6-10-27(20,25)26/h1,15-16H,4-14H2,2H3,(H,21,24)(H,22,23). The molecule has 1 spiro atoms. The minimum absolute atomic E-state index is 0.0206. The Labute approximate surface area is 162 Å². The Morgan fingerprint density at radius 3 is 2.48 bits per heavy atom. The van der Waals surface area contributed by atoms with Crippen molar-refractivity contribution in [1.82, 2.24) is 10.6 Å². The molecule has 2 N–H and O–H groups in total. The molecule has 2 amide bonds. The van der Waals surface area contributed by atoms with Gasteiger partial charge in [0.25, 0.3) is 0 Å². The van der Waals surface area contributed by atoms with Gasteiger partial charge in [-0.3, -0.25) is 9.59 Å². The van der Waals surface area contributed by atoms with E-state index in [1.807, 2.05) is 0 Å². The van der Waals surface area contributed by atoms with Gasteiger partial charge in [-0.05, 0) is 44.4 Å². The molecule has 3 aliphatic rings. The lowest BCUT2D eigenvalue weighted by molar-refractivity contribution is -0.136. The number of sulfone groups is 1. The first-order valence-electron chi connectivity index (χ1n) is 9.99. The Kier molecular flexibility index (Phi) is 5.58. The van der Waals surface area contributed by atoms with Gasteiger partial charge >= 0.3 is 0 Å². The second-order valence-corrected chi connectivity index (χ2v) is 11.1. The van der Waals surface area contributed by atoms with Crippen molar-refractivity contribution in [2.24, 2.45) is 11.3 Å². The highest BCUT2D eigenvalue weighted by Gasteiger charge is 2.56. The fraction of sp³-hybridized carbons (Fsp3) is 0.800. The number of hydrogen-bond acceptors (Lipinski definition) is 4. The molecule has 1 heterocycles. The summed E-state index contributed by atoms with van der Waals surface area (Å²) in [6.45, 7) is 2.30. The fourth-order valence-electron chi connectivity index (χ4n) is 4.91. The molecule has 6 nitrogen and oxygen atoms in total. The maximum Gasteiger partial charge on any atom is 0.227 e. The van der Waals surface area contributed by atoms with Crippen LogP contribution in [0.4, 0.5) is 0 Å². The van der Waals surface area contributed by atoms with Crippen molar-refractivity contribution in [1.29, 1.82) is 0 Å². The van der Waals surface area contributed by atoms with Crippen LogP contribution in [-0.4, -0.2) is 43.3 Å². The van der Waals surface area contributed by atoms with E-state index in [-0.39, 0.29) is 29.5 Å². The van der Waals surface area contributed by atoms with Crippen molar-refractivity contribution >= 4 is 21.7 Å². The number of terminal acetylenes is 1. The molecule has 0 aromatic heterocycles. The van der Waals surface area contributed by atoms with Gasteiger partial charge in [-0.25, -0.2) is 8.42 Å². The van der Waals surface area contributed by atoms with E-state index >= 15 is 0 Å². The molecule has 0 radical (unpaired) electrons. The zero-order valence-electron chi connectivity index (χ0n) is 16.1. The maximum absolute atomic E-state index is 12.6. The van der Waals surface area contributed by atoms with Crippen LogP contribution in [0.2, 0.25) is 0 Å². The quantitative estimate of drug-likeness (QED) is 0.669. The lowest BCUT2D eigenvalue weighted by atomic mass is 9.66. The SMILES string of the molecule is C#CCC1(C(=O)NCC2CC3(C2)CC(NC(=O)CC)CCS3(=O)=O)CCC1. The van der Waals surface area contributed by atoms with Crippen molar-refractivity contribution in [2.75, 3.05) is 12.3 Å². The molecule has 150 valence electrons. The molecule has 2 aliphatic carbocycles. The average molecular weight is 395 g/mol. The topological polar surface area (TPSA) is 92.3 Å². The molecule has 27 heavy (non-hydrogen) atoms. The average Bonchev–Trinajstić information content (AvgIpc) is 2.56. The zero-order valence-corrected chi connectivity index (χ0v) is 16.9. The van der Waals surface area contributed by atoms with E-state index in [4.69, 9.17) is 6.42 Å². The van der Waals surface area contributed by atoms with Crippen LogP contribution in [0.15, 0.2) is 0 Å². The number of carbonyl (C=O) groups is 2. The summed E-state index contributed by atoms with van der Waals surface area (Å²) in [6.07, 6.45) is 11.1. The first-order chi connectivity index (χ1) is 12.8. The third-order valence-electron chi connectivity index (χ3n) is 6.80. The number of carbonyl (C=O) groups excluding carboxylic acids is 2. The number of nitrogens with one attached hydrogen (secondary N) is 2. The Morgan fingerprint density at radius 1 is 1.22 bits per heavy atom. The largest absolute Gasteiger partial charge is 0.355 e. The molecule has 1 atom stereocenters. The third-order valence-corrected chi connectivity index (χ3v) is 9.40. The van der Waals surface area contributed by atoms with Crippen molar-refractivity contribution in [3.05, 3.63) is 0 Å². The van der Waals surface area contributed by atoms with Crippen molar-refractivity contribution in [3.63, 3.8) is 0 Å². The van der Waals surface area contributed by atoms with Crippen LogP contribution >= 0.6 is 0 Å². The summed E-state index contributed by atoms with van der Waals surface area (Å²) in [5.74, 6) is 2.91. The Balaban J connectivity index is 1.54. The van der Waals surface area contributed by atoms with Gasteiger partial charge in [-0.1, -0.05) is 13.3 Å². The van der Waals surface area contributed by atoms with Crippen LogP contribution in [0.25, 0.3) is 0 Å². The van der Waals surface area contributed by atoms with Gasteiger partial charge < -0.3 is 10.6 Å². The molecule has 0 aromatic carbocycles. The summed E-state index contributed by atoms with van der Waals surface area (Å²) in [7, 11) is -3.15. The predicted molar refractivity (Wildman–Crippen MR) is 103 cm³/mol. The van der Waals surface area contributed by atoms with Gasteiger partial charge in [0.2, 0.25) is 11.8 Å². The fourth-order valence-corrected chi connectivity index (χ4v) is 7.37. The molecule has 1 saturated heterocycles. The lowest BCUT2D eigenvalue weighted by Crippen LogP contribution is -2.60. The predicted octanol–water partition coefficient (Wildman–Crippen LogP) is 1.55. The molecule has 3 rings (SSSR count). The molecular formula is C20H30N2O4S. The first-order valence-corrected chi connectivity index (χ1v) is 11.6. The normalized spacial score (nSPS) is 33.2. The maximum atomic E-state index is 12.6. The highest BCUT2D eigenvalue weighted by molar-refractivity contribution is 7.92. The van der Waals surface area contributed by atoms with Crippen LogP contribution < -0.4 is 10.6 Å². The molecule has 7 heteroatoms. The van der Waals surface area contributed by atoms with Gasteiger partial charge in [-0.2, -0.15) is 0 Å². The summed E-state index contributed by atoms with van der Waals surface area (Å²) in [6, 6.07) is -0.0645. The molecule has 2 saturated carbocycles. The third kappa shape index (κ3) is 3.73. The molecule has 3 fully saturated rings. The summed E-state index contributed by atoms with van der Waals surface area (Å²) >= 11 is 0.